The summed E-state index contributed by atoms with van der Waals surface area (Å²) in [4.78, 5) is 34.5. The predicted molar refractivity (Wildman–Crippen MR) is 81.5 cm³/mol. The summed E-state index contributed by atoms with van der Waals surface area (Å²) >= 11 is 5.84. The smallest absolute Gasteiger partial charge is 0.324 e. The van der Waals surface area contributed by atoms with Crippen molar-refractivity contribution in [3.63, 3.8) is 0 Å². The summed E-state index contributed by atoms with van der Waals surface area (Å²) in [5.74, 6) is -1.63. The maximum absolute atomic E-state index is 12.5. The van der Waals surface area contributed by atoms with Gasteiger partial charge in [-0.05, 0) is 31.0 Å². The summed E-state index contributed by atoms with van der Waals surface area (Å²) in [5, 5.41) is 11.6. The minimum Gasteiger partial charge on any atom is -0.465 e. The summed E-state index contributed by atoms with van der Waals surface area (Å²) in [6.45, 7) is 2.66. The Kier molecular flexibility index (Phi) is 6.49. The first-order chi connectivity index (χ1) is 10.4. The van der Waals surface area contributed by atoms with Gasteiger partial charge in [-0.3, -0.25) is 14.9 Å². The SMILES string of the molecule is CCOC(=O)C(C[N+](=O)[O-])(c1ccc(Cl)cc1)C(C=O)CC. The fourth-order valence-electron chi connectivity index (χ4n) is 2.53. The second-order valence-corrected chi connectivity index (χ2v) is 5.28. The topological polar surface area (TPSA) is 86.5 Å². The average Bonchev–Trinajstić information content (AvgIpc) is 2.47. The lowest BCUT2D eigenvalue weighted by Crippen LogP contribution is -2.50. The highest BCUT2D eigenvalue weighted by atomic mass is 35.5. The number of aldehydes is 1. The molecule has 0 saturated heterocycles. The van der Waals surface area contributed by atoms with E-state index in [0.29, 0.717) is 16.9 Å². The van der Waals surface area contributed by atoms with Crippen molar-refractivity contribution in [2.24, 2.45) is 5.92 Å². The number of carbonyl (C=O) groups excluding carboxylic acids is 2. The van der Waals surface area contributed by atoms with Crippen LogP contribution in [-0.2, 0) is 19.7 Å². The molecule has 0 saturated carbocycles. The maximum Gasteiger partial charge on any atom is 0.324 e. The first-order valence-electron chi connectivity index (χ1n) is 6.92. The van der Waals surface area contributed by atoms with E-state index in [1.807, 2.05) is 0 Å². The number of benzene rings is 1. The first-order valence-corrected chi connectivity index (χ1v) is 7.30. The van der Waals surface area contributed by atoms with Crippen LogP contribution in [0.4, 0.5) is 0 Å². The third-order valence-electron chi connectivity index (χ3n) is 3.61. The highest BCUT2D eigenvalue weighted by Crippen LogP contribution is 2.36. The zero-order valence-electron chi connectivity index (χ0n) is 12.5. The zero-order valence-corrected chi connectivity index (χ0v) is 13.2. The standard InChI is InChI=1S/C15H18ClNO5/c1-3-11(9-18)15(10-17(20)21,14(19)22-4-2)12-5-7-13(16)8-6-12/h5-9,11H,3-4,10H2,1-2H3. The molecule has 0 aliphatic rings. The molecule has 1 aromatic carbocycles. The Hall–Kier alpha value is -1.95. The van der Waals surface area contributed by atoms with Gasteiger partial charge in [-0.25, -0.2) is 0 Å². The monoisotopic (exact) mass is 327 g/mol. The molecule has 1 rings (SSSR count). The molecule has 0 spiro atoms. The highest BCUT2D eigenvalue weighted by Gasteiger charge is 2.52. The van der Waals surface area contributed by atoms with Crippen molar-refractivity contribution in [1.82, 2.24) is 0 Å². The molecule has 1 aromatic rings. The minimum atomic E-state index is -1.65. The van der Waals surface area contributed by atoms with Crippen LogP contribution in [0.3, 0.4) is 0 Å². The first kappa shape index (κ1) is 18.1. The molecule has 0 N–H and O–H groups in total. The second-order valence-electron chi connectivity index (χ2n) is 4.84. The van der Waals surface area contributed by atoms with Crippen molar-refractivity contribution in [2.45, 2.75) is 25.7 Å². The van der Waals surface area contributed by atoms with Gasteiger partial charge in [0.25, 0.3) is 0 Å². The summed E-state index contributed by atoms with van der Waals surface area (Å²) in [6.07, 6.45) is 0.855. The number of ether oxygens (including phenoxy) is 1. The maximum atomic E-state index is 12.5. The number of nitro groups is 1. The van der Waals surface area contributed by atoms with Crippen molar-refractivity contribution >= 4 is 23.9 Å². The van der Waals surface area contributed by atoms with E-state index in [1.165, 1.54) is 24.3 Å². The van der Waals surface area contributed by atoms with Crippen molar-refractivity contribution < 1.29 is 19.2 Å². The van der Waals surface area contributed by atoms with Crippen LogP contribution in [0.5, 0.6) is 0 Å². The van der Waals surface area contributed by atoms with Gasteiger partial charge < -0.3 is 9.53 Å². The van der Waals surface area contributed by atoms with E-state index in [4.69, 9.17) is 16.3 Å². The lowest BCUT2D eigenvalue weighted by molar-refractivity contribution is -0.490. The molecule has 0 aliphatic carbocycles. The lowest BCUT2D eigenvalue weighted by Gasteiger charge is -2.32. The molecule has 0 bridgehead atoms. The van der Waals surface area contributed by atoms with Gasteiger partial charge in [0, 0.05) is 15.9 Å². The van der Waals surface area contributed by atoms with Crippen molar-refractivity contribution in [2.75, 3.05) is 13.2 Å². The van der Waals surface area contributed by atoms with Gasteiger partial charge >= 0.3 is 5.97 Å². The molecule has 22 heavy (non-hydrogen) atoms. The van der Waals surface area contributed by atoms with Crippen LogP contribution in [-0.4, -0.2) is 30.3 Å². The van der Waals surface area contributed by atoms with Crippen LogP contribution < -0.4 is 0 Å². The van der Waals surface area contributed by atoms with Crippen LogP contribution in [0.1, 0.15) is 25.8 Å². The molecule has 2 unspecified atom stereocenters. The summed E-state index contributed by atoms with van der Waals surface area (Å²) in [5.41, 5.74) is -1.30. The van der Waals surface area contributed by atoms with Crippen LogP contribution in [0.15, 0.2) is 24.3 Å². The Bertz CT molecular complexity index is 545. The molecule has 0 amide bonds. The van der Waals surface area contributed by atoms with E-state index in [-0.39, 0.29) is 13.0 Å². The number of hydrogen-bond acceptors (Lipinski definition) is 5. The molecule has 0 aliphatic heterocycles. The summed E-state index contributed by atoms with van der Waals surface area (Å²) in [6, 6.07) is 6.11. The number of nitrogens with zero attached hydrogens (tertiary/aromatic N) is 1. The second kappa shape index (κ2) is 7.89. The van der Waals surface area contributed by atoms with Crippen LogP contribution in [0, 0.1) is 16.0 Å². The minimum absolute atomic E-state index is 0.0706. The zero-order chi connectivity index (χ0) is 16.8. The predicted octanol–water partition coefficient (Wildman–Crippen LogP) is 2.64. The Labute approximate surface area is 133 Å². The lowest BCUT2D eigenvalue weighted by atomic mass is 9.69. The van der Waals surface area contributed by atoms with Crippen molar-refractivity contribution in [3.05, 3.63) is 45.0 Å². The number of rotatable bonds is 8. The molecule has 0 aromatic heterocycles. The van der Waals surface area contributed by atoms with Gasteiger partial charge in [-0.1, -0.05) is 30.7 Å². The van der Waals surface area contributed by atoms with E-state index in [1.54, 1.807) is 13.8 Å². The molecule has 0 radical (unpaired) electrons. The fraction of sp³-hybridized carbons (Fsp3) is 0.467. The Morgan fingerprint density at radius 2 is 2.00 bits per heavy atom. The number of carbonyl (C=O) groups is 2. The highest BCUT2D eigenvalue weighted by molar-refractivity contribution is 6.30. The van der Waals surface area contributed by atoms with Crippen LogP contribution >= 0.6 is 11.6 Å². The molecule has 2 atom stereocenters. The summed E-state index contributed by atoms with van der Waals surface area (Å²) < 4.78 is 5.04. The largest absolute Gasteiger partial charge is 0.465 e. The normalized spacial score (nSPS) is 14.7. The quantitative estimate of drug-likeness (QED) is 0.317. The Morgan fingerprint density at radius 3 is 2.41 bits per heavy atom. The molecule has 120 valence electrons. The van der Waals surface area contributed by atoms with Crippen LogP contribution in [0.2, 0.25) is 5.02 Å². The van der Waals surface area contributed by atoms with Crippen molar-refractivity contribution in [1.29, 1.82) is 0 Å². The van der Waals surface area contributed by atoms with E-state index >= 15 is 0 Å². The number of esters is 1. The number of hydrogen-bond donors (Lipinski definition) is 0. The van der Waals surface area contributed by atoms with E-state index in [9.17, 15) is 19.7 Å². The molecular formula is C15H18ClNO5. The van der Waals surface area contributed by atoms with Gasteiger partial charge in [0.05, 0.1) is 6.61 Å². The van der Waals surface area contributed by atoms with Gasteiger partial charge in [0.1, 0.15) is 6.29 Å². The van der Waals surface area contributed by atoms with Gasteiger partial charge in [-0.2, -0.15) is 0 Å². The Morgan fingerprint density at radius 1 is 1.41 bits per heavy atom. The van der Waals surface area contributed by atoms with E-state index < -0.39 is 28.8 Å². The van der Waals surface area contributed by atoms with E-state index in [2.05, 4.69) is 0 Å². The number of halogens is 1. The molecule has 0 fully saturated rings. The van der Waals surface area contributed by atoms with E-state index in [0.717, 1.165) is 0 Å². The van der Waals surface area contributed by atoms with Gasteiger partial charge in [-0.15, -0.1) is 0 Å². The fourth-order valence-corrected chi connectivity index (χ4v) is 2.65. The molecule has 0 heterocycles. The third-order valence-corrected chi connectivity index (χ3v) is 3.87. The molecule has 7 heteroatoms. The molecular weight excluding hydrogens is 310 g/mol. The third kappa shape index (κ3) is 3.62. The Balaban J connectivity index is 3.54. The van der Waals surface area contributed by atoms with Crippen LogP contribution in [0.25, 0.3) is 0 Å². The molecule has 6 nitrogen and oxygen atoms in total. The summed E-state index contributed by atoms with van der Waals surface area (Å²) in [7, 11) is 0. The van der Waals surface area contributed by atoms with Crippen molar-refractivity contribution in [3.8, 4) is 0 Å². The average molecular weight is 328 g/mol. The van der Waals surface area contributed by atoms with Gasteiger partial charge in [0.15, 0.2) is 5.41 Å². The van der Waals surface area contributed by atoms with Gasteiger partial charge in [0.2, 0.25) is 6.54 Å².